The third-order valence-corrected chi connectivity index (χ3v) is 3.63. The number of esters is 1. The van der Waals surface area contributed by atoms with Crippen molar-refractivity contribution in [2.24, 2.45) is 0 Å². The summed E-state index contributed by atoms with van der Waals surface area (Å²) in [6.45, 7) is 0.876. The quantitative estimate of drug-likeness (QED) is 0.366. The van der Waals surface area contributed by atoms with Crippen LogP contribution in [0.4, 0.5) is 11.4 Å². The van der Waals surface area contributed by atoms with E-state index in [-0.39, 0.29) is 32.8 Å². The minimum absolute atomic E-state index is 0.0318. The number of nitrogens with one attached hydrogen (secondary N) is 1. The highest BCUT2D eigenvalue weighted by Gasteiger charge is 2.18. The van der Waals surface area contributed by atoms with Crippen LogP contribution in [0.15, 0.2) is 30.3 Å². The van der Waals surface area contributed by atoms with Gasteiger partial charge in [0, 0.05) is 6.07 Å². The number of nitro groups is 1. The molecular weight excluding hydrogens is 373 g/mol. The van der Waals surface area contributed by atoms with Gasteiger partial charge < -0.3 is 10.1 Å². The van der Waals surface area contributed by atoms with E-state index in [9.17, 15) is 19.7 Å². The predicted octanol–water partition coefficient (Wildman–Crippen LogP) is 3.40. The van der Waals surface area contributed by atoms with E-state index < -0.39 is 23.4 Å². The summed E-state index contributed by atoms with van der Waals surface area (Å²) in [5, 5.41) is 13.4. The third kappa shape index (κ3) is 4.65. The predicted molar refractivity (Wildman–Crippen MR) is 91.0 cm³/mol. The van der Waals surface area contributed by atoms with Gasteiger partial charge in [-0.05, 0) is 25.1 Å². The molecule has 2 aromatic rings. The summed E-state index contributed by atoms with van der Waals surface area (Å²) in [6, 6.07) is 7.02. The third-order valence-electron chi connectivity index (χ3n) is 3.12. The normalized spacial score (nSPS) is 10.2. The average Bonchev–Trinajstić information content (AvgIpc) is 2.56. The van der Waals surface area contributed by atoms with Gasteiger partial charge in [-0.1, -0.05) is 29.3 Å². The number of amides is 1. The molecule has 0 aliphatic heterocycles. The monoisotopic (exact) mass is 383 g/mol. The molecule has 0 atom stereocenters. The molecule has 0 spiro atoms. The molecule has 0 aliphatic carbocycles. The number of rotatable bonds is 5. The number of anilines is 1. The van der Waals surface area contributed by atoms with Crippen LogP contribution in [0.5, 0.6) is 0 Å². The van der Waals surface area contributed by atoms with Crippen LogP contribution in [0.3, 0.4) is 0 Å². The van der Waals surface area contributed by atoms with Gasteiger partial charge in [-0.25, -0.2) is 9.78 Å². The number of halogens is 2. The van der Waals surface area contributed by atoms with E-state index in [1.54, 1.807) is 0 Å². The van der Waals surface area contributed by atoms with Crippen molar-refractivity contribution in [2.45, 2.75) is 6.92 Å². The van der Waals surface area contributed by atoms with Crippen LogP contribution in [0, 0.1) is 17.0 Å². The smallest absolute Gasteiger partial charge is 0.359 e. The summed E-state index contributed by atoms with van der Waals surface area (Å²) in [4.78, 5) is 37.8. The molecule has 0 saturated carbocycles. The lowest BCUT2D eigenvalue weighted by Gasteiger charge is -2.09. The van der Waals surface area contributed by atoms with Crippen LogP contribution in [0.1, 0.15) is 16.1 Å². The fraction of sp³-hybridized carbons (Fsp3) is 0.133. The van der Waals surface area contributed by atoms with Crippen molar-refractivity contribution < 1.29 is 19.2 Å². The largest absolute Gasteiger partial charge is 0.451 e. The molecule has 0 unspecified atom stereocenters. The molecule has 1 aromatic heterocycles. The molecular formula is C15H11Cl2N3O5. The van der Waals surface area contributed by atoms with Gasteiger partial charge in [0.15, 0.2) is 12.3 Å². The molecule has 1 aromatic carbocycles. The minimum atomic E-state index is -0.918. The molecule has 0 radical (unpaired) electrons. The SMILES string of the molecule is Cc1c(NC(=O)COC(=O)c2nc(Cl)ccc2Cl)cccc1[N+](=O)[O-]. The molecule has 0 fully saturated rings. The van der Waals surface area contributed by atoms with E-state index >= 15 is 0 Å². The van der Waals surface area contributed by atoms with Gasteiger partial charge in [-0.2, -0.15) is 0 Å². The number of benzene rings is 1. The minimum Gasteiger partial charge on any atom is -0.451 e. The van der Waals surface area contributed by atoms with E-state index in [2.05, 4.69) is 10.3 Å². The Kier molecular flexibility index (Phi) is 5.89. The van der Waals surface area contributed by atoms with E-state index in [4.69, 9.17) is 27.9 Å². The molecule has 0 saturated heterocycles. The summed E-state index contributed by atoms with van der Waals surface area (Å²) in [5.41, 5.74) is 0.180. The van der Waals surface area contributed by atoms with Crippen molar-refractivity contribution in [1.82, 2.24) is 4.98 Å². The summed E-state index contributed by atoms with van der Waals surface area (Å²) >= 11 is 11.5. The standard InChI is InChI=1S/C15H11Cl2N3O5/c1-8-10(3-2-4-11(8)20(23)24)18-13(21)7-25-15(22)14-9(16)5-6-12(17)19-14/h2-6H,7H2,1H3,(H,18,21). The number of pyridine rings is 1. The van der Waals surface area contributed by atoms with Gasteiger partial charge in [0.25, 0.3) is 11.6 Å². The van der Waals surface area contributed by atoms with Crippen molar-refractivity contribution in [3.05, 3.63) is 61.9 Å². The van der Waals surface area contributed by atoms with Crippen molar-refractivity contribution >= 4 is 46.5 Å². The molecule has 10 heteroatoms. The molecule has 2 rings (SSSR count). The van der Waals surface area contributed by atoms with Gasteiger partial charge in [0.2, 0.25) is 0 Å². The van der Waals surface area contributed by atoms with Gasteiger partial charge in [0.1, 0.15) is 5.15 Å². The highest BCUT2D eigenvalue weighted by molar-refractivity contribution is 6.34. The zero-order valence-corrected chi connectivity index (χ0v) is 14.3. The van der Waals surface area contributed by atoms with Crippen LogP contribution in [0.25, 0.3) is 0 Å². The fourth-order valence-electron chi connectivity index (χ4n) is 1.90. The van der Waals surface area contributed by atoms with Crippen molar-refractivity contribution in [1.29, 1.82) is 0 Å². The fourth-order valence-corrected chi connectivity index (χ4v) is 2.23. The van der Waals surface area contributed by atoms with Gasteiger partial charge in [0.05, 0.1) is 21.2 Å². The number of aromatic nitrogens is 1. The summed E-state index contributed by atoms with van der Waals surface area (Å²) in [7, 11) is 0. The number of hydrogen-bond donors (Lipinski definition) is 1. The summed E-state index contributed by atoms with van der Waals surface area (Å²) < 4.78 is 4.83. The molecule has 130 valence electrons. The Bertz CT molecular complexity index is 857. The Labute approximate surface area is 151 Å². The number of hydrogen-bond acceptors (Lipinski definition) is 6. The van der Waals surface area contributed by atoms with Crippen LogP contribution in [-0.2, 0) is 9.53 Å². The van der Waals surface area contributed by atoms with Crippen molar-refractivity contribution in [3.8, 4) is 0 Å². The molecule has 25 heavy (non-hydrogen) atoms. The first-order valence-electron chi connectivity index (χ1n) is 6.82. The zero-order valence-electron chi connectivity index (χ0n) is 12.8. The Morgan fingerprint density at radius 1 is 1.28 bits per heavy atom. The summed E-state index contributed by atoms with van der Waals surface area (Å²) in [5.74, 6) is -1.59. The van der Waals surface area contributed by atoms with E-state index in [1.807, 2.05) is 0 Å². The van der Waals surface area contributed by atoms with Crippen LogP contribution in [-0.4, -0.2) is 28.4 Å². The first kappa shape index (κ1) is 18.6. The maximum absolute atomic E-state index is 11.9. The van der Waals surface area contributed by atoms with E-state index in [0.29, 0.717) is 0 Å². The zero-order chi connectivity index (χ0) is 18.6. The first-order chi connectivity index (χ1) is 11.8. The lowest BCUT2D eigenvalue weighted by molar-refractivity contribution is -0.385. The molecule has 1 N–H and O–H groups in total. The number of ether oxygens (including phenoxy) is 1. The number of nitrogens with zero attached hydrogens (tertiary/aromatic N) is 2. The molecule has 8 nitrogen and oxygen atoms in total. The Morgan fingerprint density at radius 2 is 2.00 bits per heavy atom. The topological polar surface area (TPSA) is 111 Å². The summed E-state index contributed by atoms with van der Waals surface area (Å²) in [6.07, 6.45) is 0. The lowest BCUT2D eigenvalue weighted by Crippen LogP contribution is -2.22. The van der Waals surface area contributed by atoms with Crippen LogP contribution < -0.4 is 5.32 Å². The highest BCUT2D eigenvalue weighted by Crippen LogP contribution is 2.25. The van der Waals surface area contributed by atoms with Gasteiger partial charge in [-0.3, -0.25) is 14.9 Å². The number of carbonyl (C=O) groups is 2. The molecule has 0 bridgehead atoms. The van der Waals surface area contributed by atoms with Crippen LogP contribution in [0.2, 0.25) is 10.2 Å². The number of carbonyl (C=O) groups excluding carboxylic acids is 2. The molecule has 0 aliphatic rings. The molecule has 1 heterocycles. The average molecular weight is 384 g/mol. The Hall–Kier alpha value is -2.71. The van der Waals surface area contributed by atoms with Gasteiger partial charge in [-0.15, -0.1) is 0 Å². The second kappa shape index (κ2) is 7.91. The highest BCUT2D eigenvalue weighted by atomic mass is 35.5. The van der Waals surface area contributed by atoms with Crippen molar-refractivity contribution in [3.63, 3.8) is 0 Å². The van der Waals surface area contributed by atoms with E-state index in [0.717, 1.165) is 0 Å². The van der Waals surface area contributed by atoms with E-state index in [1.165, 1.54) is 37.3 Å². The lowest BCUT2D eigenvalue weighted by atomic mass is 10.1. The van der Waals surface area contributed by atoms with Crippen molar-refractivity contribution in [2.75, 3.05) is 11.9 Å². The Balaban J connectivity index is 2.02. The first-order valence-corrected chi connectivity index (χ1v) is 7.58. The maximum atomic E-state index is 11.9. The second-order valence-electron chi connectivity index (χ2n) is 4.80. The van der Waals surface area contributed by atoms with Gasteiger partial charge >= 0.3 is 5.97 Å². The van der Waals surface area contributed by atoms with Crippen LogP contribution >= 0.6 is 23.2 Å². The number of nitro benzene ring substituents is 1. The Morgan fingerprint density at radius 3 is 2.68 bits per heavy atom. The maximum Gasteiger partial charge on any atom is 0.359 e. The molecule has 1 amide bonds. The second-order valence-corrected chi connectivity index (χ2v) is 5.59.